The molecule has 4 nitrogen and oxygen atoms in total. The zero-order valence-electron chi connectivity index (χ0n) is 10.4. The Kier molecular flexibility index (Phi) is 3.19. The molecule has 0 amide bonds. The SMILES string of the molecule is CCCn1cc(C(=O)O)c(=O)c2cc(C)ccc21. The maximum Gasteiger partial charge on any atom is 0.341 e. The highest BCUT2D eigenvalue weighted by atomic mass is 16.4. The molecule has 0 aliphatic heterocycles. The fourth-order valence-corrected chi connectivity index (χ4v) is 2.09. The molecule has 94 valence electrons. The first-order chi connectivity index (χ1) is 8.54. The molecule has 0 aliphatic carbocycles. The van der Waals surface area contributed by atoms with E-state index in [4.69, 9.17) is 5.11 Å². The van der Waals surface area contributed by atoms with Gasteiger partial charge in [-0.05, 0) is 25.5 Å². The monoisotopic (exact) mass is 245 g/mol. The molecule has 0 fully saturated rings. The predicted molar refractivity (Wildman–Crippen MR) is 70.2 cm³/mol. The number of hydrogen-bond donors (Lipinski definition) is 1. The molecule has 4 heteroatoms. The molecular formula is C14H15NO3. The number of rotatable bonds is 3. The van der Waals surface area contributed by atoms with Crippen LogP contribution in [0.25, 0.3) is 10.9 Å². The van der Waals surface area contributed by atoms with Crippen molar-refractivity contribution in [2.45, 2.75) is 26.8 Å². The van der Waals surface area contributed by atoms with E-state index in [1.807, 2.05) is 30.5 Å². The van der Waals surface area contributed by atoms with Gasteiger partial charge in [0, 0.05) is 18.1 Å². The number of carbonyl (C=O) groups is 1. The van der Waals surface area contributed by atoms with Gasteiger partial charge >= 0.3 is 5.97 Å². The van der Waals surface area contributed by atoms with E-state index in [9.17, 15) is 9.59 Å². The van der Waals surface area contributed by atoms with Gasteiger partial charge in [0.1, 0.15) is 5.56 Å². The Morgan fingerprint density at radius 3 is 2.72 bits per heavy atom. The van der Waals surface area contributed by atoms with E-state index < -0.39 is 11.4 Å². The van der Waals surface area contributed by atoms with Crippen molar-refractivity contribution < 1.29 is 9.90 Å². The van der Waals surface area contributed by atoms with Crippen molar-refractivity contribution in [3.05, 3.63) is 45.7 Å². The number of aromatic nitrogens is 1. The van der Waals surface area contributed by atoms with Gasteiger partial charge in [-0.25, -0.2) is 4.79 Å². The fraction of sp³-hybridized carbons (Fsp3) is 0.286. The molecule has 0 bridgehead atoms. The van der Waals surface area contributed by atoms with Gasteiger partial charge in [0.05, 0.1) is 5.52 Å². The molecule has 1 N–H and O–H groups in total. The van der Waals surface area contributed by atoms with Crippen molar-refractivity contribution in [2.75, 3.05) is 0 Å². The Bertz CT molecular complexity index is 671. The summed E-state index contributed by atoms with van der Waals surface area (Å²) in [5.74, 6) is -1.17. The Labute approximate surface area is 104 Å². The molecule has 0 radical (unpaired) electrons. The lowest BCUT2D eigenvalue weighted by molar-refractivity contribution is 0.0695. The number of hydrogen-bond acceptors (Lipinski definition) is 2. The van der Waals surface area contributed by atoms with Gasteiger partial charge in [0.2, 0.25) is 5.43 Å². The maximum atomic E-state index is 12.1. The Morgan fingerprint density at radius 2 is 2.11 bits per heavy atom. The van der Waals surface area contributed by atoms with Crippen LogP contribution >= 0.6 is 0 Å². The highest BCUT2D eigenvalue weighted by Crippen LogP contribution is 2.14. The molecular weight excluding hydrogens is 230 g/mol. The zero-order chi connectivity index (χ0) is 13.3. The van der Waals surface area contributed by atoms with Crippen molar-refractivity contribution in [1.29, 1.82) is 0 Å². The molecule has 2 aromatic rings. The maximum absolute atomic E-state index is 12.1. The van der Waals surface area contributed by atoms with E-state index in [1.165, 1.54) is 6.20 Å². The van der Waals surface area contributed by atoms with E-state index in [2.05, 4.69) is 0 Å². The van der Waals surface area contributed by atoms with E-state index >= 15 is 0 Å². The second-order valence-electron chi connectivity index (χ2n) is 4.39. The minimum Gasteiger partial charge on any atom is -0.477 e. The Balaban J connectivity index is 2.87. The highest BCUT2D eigenvalue weighted by molar-refractivity contribution is 5.92. The summed E-state index contributed by atoms with van der Waals surface area (Å²) in [5.41, 5.74) is 1.16. The highest BCUT2D eigenvalue weighted by Gasteiger charge is 2.14. The number of aryl methyl sites for hydroxylation is 2. The van der Waals surface area contributed by atoms with Crippen LogP contribution in [0.1, 0.15) is 29.3 Å². The smallest absolute Gasteiger partial charge is 0.341 e. The molecule has 2 rings (SSSR count). The van der Waals surface area contributed by atoms with Crippen LogP contribution in [0.4, 0.5) is 0 Å². The van der Waals surface area contributed by atoms with E-state index in [0.717, 1.165) is 17.5 Å². The third-order valence-electron chi connectivity index (χ3n) is 2.93. The molecule has 0 aliphatic rings. The summed E-state index contributed by atoms with van der Waals surface area (Å²) >= 11 is 0. The summed E-state index contributed by atoms with van der Waals surface area (Å²) in [4.78, 5) is 23.2. The van der Waals surface area contributed by atoms with Crippen molar-refractivity contribution >= 4 is 16.9 Å². The lowest BCUT2D eigenvalue weighted by Gasteiger charge is -2.11. The van der Waals surface area contributed by atoms with Crippen molar-refractivity contribution in [1.82, 2.24) is 4.57 Å². The van der Waals surface area contributed by atoms with Gasteiger partial charge in [-0.2, -0.15) is 0 Å². The normalized spacial score (nSPS) is 10.8. The summed E-state index contributed by atoms with van der Waals surface area (Å²) < 4.78 is 1.83. The molecule has 0 unspecified atom stereocenters. The summed E-state index contributed by atoms with van der Waals surface area (Å²) in [6.07, 6.45) is 2.32. The standard InChI is InChI=1S/C14H15NO3/c1-3-6-15-8-11(14(17)18)13(16)10-7-9(2)4-5-12(10)15/h4-5,7-8H,3,6H2,1-2H3,(H,17,18). The Hall–Kier alpha value is -2.10. The lowest BCUT2D eigenvalue weighted by atomic mass is 10.1. The number of pyridine rings is 1. The second-order valence-corrected chi connectivity index (χ2v) is 4.39. The minimum absolute atomic E-state index is 0.165. The van der Waals surface area contributed by atoms with E-state index in [-0.39, 0.29) is 5.56 Å². The third kappa shape index (κ3) is 2.01. The molecule has 0 atom stereocenters. The van der Waals surface area contributed by atoms with Crippen molar-refractivity contribution in [3.63, 3.8) is 0 Å². The number of nitrogens with zero attached hydrogens (tertiary/aromatic N) is 1. The molecule has 0 spiro atoms. The minimum atomic E-state index is -1.17. The molecule has 0 saturated heterocycles. The van der Waals surface area contributed by atoms with Crippen LogP contribution in [0.15, 0.2) is 29.2 Å². The molecule has 1 heterocycles. The molecule has 1 aromatic carbocycles. The van der Waals surface area contributed by atoms with E-state index in [0.29, 0.717) is 11.9 Å². The van der Waals surface area contributed by atoms with E-state index in [1.54, 1.807) is 6.07 Å². The number of benzene rings is 1. The summed E-state index contributed by atoms with van der Waals surface area (Å²) in [6, 6.07) is 5.54. The van der Waals surface area contributed by atoms with Gasteiger partial charge in [0.15, 0.2) is 0 Å². The van der Waals surface area contributed by atoms with Crippen LogP contribution in [-0.4, -0.2) is 15.6 Å². The fourth-order valence-electron chi connectivity index (χ4n) is 2.09. The molecule has 1 aromatic heterocycles. The summed E-state index contributed by atoms with van der Waals surface area (Å²) in [6.45, 7) is 4.59. The lowest BCUT2D eigenvalue weighted by Crippen LogP contribution is -2.19. The summed E-state index contributed by atoms with van der Waals surface area (Å²) in [7, 11) is 0. The third-order valence-corrected chi connectivity index (χ3v) is 2.93. The molecule has 0 saturated carbocycles. The van der Waals surface area contributed by atoms with Crippen LogP contribution in [-0.2, 0) is 6.54 Å². The molecule has 18 heavy (non-hydrogen) atoms. The van der Waals surface area contributed by atoms with Crippen molar-refractivity contribution in [2.24, 2.45) is 0 Å². The average Bonchev–Trinajstić information content (AvgIpc) is 2.32. The predicted octanol–water partition coefficient (Wildman–Crippen LogP) is 2.42. The van der Waals surface area contributed by atoms with Crippen LogP contribution < -0.4 is 5.43 Å². The van der Waals surface area contributed by atoms with Crippen LogP contribution in [0.2, 0.25) is 0 Å². The van der Waals surface area contributed by atoms with Gasteiger partial charge in [0.25, 0.3) is 0 Å². The quantitative estimate of drug-likeness (QED) is 0.903. The van der Waals surface area contributed by atoms with Crippen molar-refractivity contribution in [3.8, 4) is 0 Å². The number of carboxylic acids is 1. The number of aromatic carboxylic acids is 1. The van der Waals surface area contributed by atoms with Crippen LogP contribution in [0.5, 0.6) is 0 Å². The largest absolute Gasteiger partial charge is 0.477 e. The number of fused-ring (bicyclic) bond motifs is 1. The van der Waals surface area contributed by atoms with Gasteiger partial charge in [-0.15, -0.1) is 0 Å². The Morgan fingerprint density at radius 1 is 1.39 bits per heavy atom. The zero-order valence-corrected chi connectivity index (χ0v) is 10.4. The first-order valence-electron chi connectivity index (χ1n) is 5.91. The van der Waals surface area contributed by atoms with Gasteiger partial charge in [-0.1, -0.05) is 18.6 Å². The topological polar surface area (TPSA) is 59.3 Å². The first-order valence-corrected chi connectivity index (χ1v) is 5.91. The van der Waals surface area contributed by atoms with Gasteiger partial charge in [-0.3, -0.25) is 4.79 Å². The average molecular weight is 245 g/mol. The van der Waals surface area contributed by atoms with Crippen LogP contribution in [0.3, 0.4) is 0 Å². The van der Waals surface area contributed by atoms with Crippen LogP contribution in [0, 0.1) is 6.92 Å². The van der Waals surface area contributed by atoms with Gasteiger partial charge < -0.3 is 9.67 Å². The summed E-state index contributed by atoms with van der Waals surface area (Å²) in [5, 5.41) is 9.55. The second kappa shape index (κ2) is 4.64. The first kappa shape index (κ1) is 12.4. The number of carboxylic acid groups (broad SMARTS) is 1.